The van der Waals surface area contributed by atoms with Crippen LogP contribution in [0.2, 0.25) is 0 Å². The van der Waals surface area contributed by atoms with Crippen LogP contribution in [0.1, 0.15) is 21.5 Å². The molecule has 0 saturated carbocycles. The summed E-state index contributed by atoms with van der Waals surface area (Å²) in [6.45, 7) is 4.00. The van der Waals surface area contributed by atoms with E-state index in [2.05, 4.69) is 15.4 Å². The summed E-state index contributed by atoms with van der Waals surface area (Å²) in [4.78, 5) is 23.6. The number of amides is 1. The Kier molecular flexibility index (Phi) is 5.36. The maximum Gasteiger partial charge on any atom is 0.337 e. The first-order valence-electron chi connectivity index (χ1n) is 7.29. The number of esters is 1. The molecule has 120 valence electrons. The van der Waals surface area contributed by atoms with Gasteiger partial charge in [-0.1, -0.05) is 18.2 Å². The summed E-state index contributed by atoms with van der Waals surface area (Å²) in [5, 5.41) is 5.88. The van der Waals surface area contributed by atoms with Crippen LogP contribution in [0.25, 0.3) is 0 Å². The van der Waals surface area contributed by atoms with Gasteiger partial charge in [0.05, 0.1) is 19.2 Å². The minimum atomic E-state index is -0.432. The number of anilines is 2. The number of carbonyl (C=O) groups is 2. The van der Waals surface area contributed by atoms with E-state index in [1.165, 1.54) is 7.11 Å². The van der Waals surface area contributed by atoms with Crippen LogP contribution < -0.4 is 10.6 Å². The van der Waals surface area contributed by atoms with Crippen molar-refractivity contribution in [3.05, 3.63) is 59.2 Å². The van der Waals surface area contributed by atoms with Crippen LogP contribution >= 0.6 is 0 Å². The molecule has 23 heavy (non-hydrogen) atoms. The Morgan fingerprint density at radius 2 is 1.87 bits per heavy atom. The predicted molar refractivity (Wildman–Crippen MR) is 90.8 cm³/mol. The second kappa shape index (κ2) is 7.45. The number of aryl methyl sites for hydroxylation is 2. The van der Waals surface area contributed by atoms with Gasteiger partial charge >= 0.3 is 5.97 Å². The zero-order chi connectivity index (χ0) is 16.8. The summed E-state index contributed by atoms with van der Waals surface area (Å²) < 4.78 is 4.69. The minimum Gasteiger partial charge on any atom is -0.465 e. The van der Waals surface area contributed by atoms with Gasteiger partial charge in [-0.25, -0.2) is 4.79 Å². The number of methoxy groups -OCH3 is 1. The van der Waals surface area contributed by atoms with Gasteiger partial charge in [0.15, 0.2) is 0 Å². The Hall–Kier alpha value is -2.82. The van der Waals surface area contributed by atoms with Gasteiger partial charge in [-0.3, -0.25) is 4.79 Å². The van der Waals surface area contributed by atoms with E-state index < -0.39 is 5.97 Å². The molecule has 0 fully saturated rings. The van der Waals surface area contributed by atoms with Crippen LogP contribution in [-0.4, -0.2) is 25.5 Å². The molecule has 0 spiro atoms. The van der Waals surface area contributed by atoms with Gasteiger partial charge in [-0.15, -0.1) is 0 Å². The van der Waals surface area contributed by atoms with Crippen molar-refractivity contribution in [2.45, 2.75) is 13.8 Å². The molecule has 0 aliphatic carbocycles. The number of hydrogen-bond donors (Lipinski definition) is 2. The van der Waals surface area contributed by atoms with Crippen LogP contribution in [0.15, 0.2) is 42.5 Å². The number of carbonyl (C=O) groups excluding carboxylic acids is 2. The van der Waals surface area contributed by atoms with Gasteiger partial charge in [0.2, 0.25) is 5.91 Å². The molecule has 0 radical (unpaired) electrons. The van der Waals surface area contributed by atoms with Crippen LogP contribution in [0.5, 0.6) is 0 Å². The van der Waals surface area contributed by atoms with Crippen molar-refractivity contribution in [1.29, 1.82) is 0 Å². The van der Waals surface area contributed by atoms with Gasteiger partial charge in [0.25, 0.3) is 0 Å². The third-order valence-electron chi connectivity index (χ3n) is 3.40. The topological polar surface area (TPSA) is 67.4 Å². The number of hydrogen-bond acceptors (Lipinski definition) is 4. The lowest BCUT2D eigenvalue weighted by Crippen LogP contribution is -2.22. The average molecular weight is 312 g/mol. The normalized spacial score (nSPS) is 10.0. The molecule has 0 bridgehead atoms. The molecule has 0 heterocycles. The summed E-state index contributed by atoms with van der Waals surface area (Å²) in [5.41, 5.74) is 3.89. The lowest BCUT2D eigenvalue weighted by molar-refractivity contribution is -0.114. The van der Waals surface area contributed by atoms with Crippen molar-refractivity contribution < 1.29 is 14.3 Å². The number of benzene rings is 2. The van der Waals surface area contributed by atoms with E-state index in [0.717, 1.165) is 16.8 Å². The third-order valence-corrected chi connectivity index (χ3v) is 3.40. The highest BCUT2D eigenvalue weighted by Gasteiger charge is 2.10. The first-order valence-corrected chi connectivity index (χ1v) is 7.29. The van der Waals surface area contributed by atoms with E-state index in [0.29, 0.717) is 11.3 Å². The summed E-state index contributed by atoms with van der Waals surface area (Å²) >= 11 is 0. The maximum atomic E-state index is 12.1. The Morgan fingerprint density at radius 1 is 1.09 bits per heavy atom. The fraction of sp³-hybridized carbons (Fsp3) is 0.222. The smallest absolute Gasteiger partial charge is 0.337 e. The lowest BCUT2D eigenvalue weighted by Gasteiger charge is -2.11. The van der Waals surface area contributed by atoms with Crippen LogP contribution in [-0.2, 0) is 9.53 Å². The van der Waals surface area contributed by atoms with E-state index in [9.17, 15) is 9.59 Å². The first-order chi connectivity index (χ1) is 11.0. The maximum absolute atomic E-state index is 12.1. The second-order valence-corrected chi connectivity index (χ2v) is 5.29. The standard InChI is InChI=1S/C18H20N2O3/c1-12-5-4-6-15(9-12)19-11-17(21)20-16-10-14(18(22)23-3)8-7-13(16)2/h4-10,19H,11H2,1-3H3,(H,20,21). The van der Waals surface area contributed by atoms with E-state index in [4.69, 9.17) is 0 Å². The first kappa shape index (κ1) is 16.5. The molecule has 1 amide bonds. The number of nitrogens with one attached hydrogen (secondary N) is 2. The quantitative estimate of drug-likeness (QED) is 0.832. The average Bonchev–Trinajstić information content (AvgIpc) is 2.54. The van der Waals surface area contributed by atoms with Gasteiger partial charge in [0, 0.05) is 11.4 Å². The van der Waals surface area contributed by atoms with Crippen LogP contribution in [0.3, 0.4) is 0 Å². The lowest BCUT2D eigenvalue weighted by atomic mass is 10.1. The fourth-order valence-electron chi connectivity index (χ4n) is 2.13. The Labute approximate surface area is 135 Å². The van der Waals surface area contributed by atoms with Crippen molar-refractivity contribution in [2.75, 3.05) is 24.3 Å². The summed E-state index contributed by atoms with van der Waals surface area (Å²) in [6.07, 6.45) is 0. The van der Waals surface area contributed by atoms with E-state index in [-0.39, 0.29) is 12.5 Å². The second-order valence-electron chi connectivity index (χ2n) is 5.29. The summed E-state index contributed by atoms with van der Waals surface area (Å²) in [7, 11) is 1.33. The molecule has 0 unspecified atom stereocenters. The Morgan fingerprint density at radius 3 is 2.57 bits per heavy atom. The highest BCUT2D eigenvalue weighted by molar-refractivity contribution is 5.97. The van der Waals surface area contributed by atoms with Crippen LogP contribution in [0, 0.1) is 13.8 Å². The number of ether oxygens (including phenoxy) is 1. The molecule has 0 aliphatic heterocycles. The van der Waals surface area contributed by atoms with Gasteiger partial charge in [-0.05, 0) is 49.2 Å². The molecule has 5 nitrogen and oxygen atoms in total. The molecule has 2 rings (SSSR count). The Bertz CT molecular complexity index is 726. The highest BCUT2D eigenvalue weighted by atomic mass is 16.5. The minimum absolute atomic E-state index is 0.144. The molecule has 0 atom stereocenters. The monoisotopic (exact) mass is 312 g/mol. The van der Waals surface area contributed by atoms with Crippen molar-refractivity contribution >= 4 is 23.3 Å². The summed E-state index contributed by atoms with van der Waals surface area (Å²) in [5.74, 6) is -0.616. The third kappa shape index (κ3) is 4.57. The molecule has 2 N–H and O–H groups in total. The molecule has 2 aromatic carbocycles. The molecule has 5 heteroatoms. The van der Waals surface area contributed by atoms with Gasteiger partial charge < -0.3 is 15.4 Å². The predicted octanol–water partition coefficient (Wildman–Crippen LogP) is 3.14. The van der Waals surface area contributed by atoms with Crippen LogP contribution in [0.4, 0.5) is 11.4 Å². The number of rotatable bonds is 5. The summed E-state index contributed by atoms with van der Waals surface area (Å²) in [6, 6.07) is 12.9. The molecule has 0 saturated heterocycles. The Balaban J connectivity index is 2.01. The van der Waals surface area contributed by atoms with Crippen molar-refractivity contribution in [3.63, 3.8) is 0 Å². The molecular formula is C18H20N2O3. The fourth-order valence-corrected chi connectivity index (χ4v) is 2.13. The van der Waals surface area contributed by atoms with Crippen molar-refractivity contribution in [1.82, 2.24) is 0 Å². The zero-order valence-electron chi connectivity index (χ0n) is 13.5. The van der Waals surface area contributed by atoms with E-state index >= 15 is 0 Å². The molecule has 0 aromatic heterocycles. The molecule has 0 aliphatic rings. The van der Waals surface area contributed by atoms with E-state index in [1.807, 2.05) is 38.1 Å². The van der Waals surface area contributed by atoms with Crippen molar-refractivity contribution in [2.24, 2.45) is 0 Å². The highest BCUT2D eigenvalue weighted by Crippen LogP contribution is 2.17. The van der Waals surface area contributed by atoms with Crippen molar-refractivity contribution in [3.8, 4) is 0 Å². The van der Waals surface area contributed by atoms with Gasteiger partial charge in [0.1, 0.15) is 0 Å². The van der Waals surface area contributed by atoms with Gasteiger partial charge in [-0.2, -0.15) is 0 Å². The SMILES string of the molecule is COC(=O)c1ccc(C)c(NC(=O)CNc2cccc(C)c2)c1. The molecule has 2 aromatic rings. The zero-order valence-corrected chi connectivity index (χ0v) is 13.5. The largest absolute Gasteiger partial charge is 0.465 e. The van der Waals surface area contributed by atoms with E-state index in [1.54, 1.807) is 18.2 Å². The molecular weight excluding hydrogens is 292 g/mol.